The van der Waals surface area contributed by atoms with Gasteiger partial charge in [-0.05, 0) is 45.2 Å². The van der Waals surface area contributed by atoms with Crippen molar-refractivity contribution in [3.05, 3.63) is 34.9 Å². The normalized spacial score (nSPS) is 27.6. The molecule has 0 radical (unpaired) electrons. The molecule has 0 saturated carbocycles. The average molecular weight is 286 g/mol. The zero-order chi connectivity index (χ0) is 15.0. The highest BCUT2D eigenvalue weighted by atomic mass is 16.5. The number of fused-ring (bicyclic) bond motifs is 1. The van der Waals surface area contributed by atoms with Crippen LogP contribution < -0.4 is 9.47 Å². The summed E-state index contributed by atoms with van der Waals surface area (Å²) < 4.78 is 11.7. The Bertz CT molecular complexity index is 603. The third-order valence-corrected chi connectivity index (χ3v) is 4.96. The number of benzene rings is 1. The van der Waals surface area contributed by atoms with Crippen molar-refractivity contribution in [3.63, 3.8) is 0 Å². The summed E-state index contributed by atoms with van der Waals surface area (Å²) in [6, 6.07) is 3.64. The fraction of sp³-hybridized carbons (Fsp3) is 0.500. The van der Waals surface area contributed by atoms with Crippen LogP contribution in [0.3, 0.4) is 0 Å². The first-order chi connectivity index (χ1) is 10.1. The van der Waals surface area contributed by atoms with E-state index in [1.807, 2.05) is 6.07 Å². The van der Waals surface area contributed by atoms with Gasteiger partial charge in [0.25, 0.3) is 0 Å². The molecule has 1 aromatic rings. The smallest absolute Gasteiger partial charge is 0.153 e. The molecule has 21 heavy (non-hydrogen) atoms. The van der Waals surface area contributed by atoms with E-state index in [1.165, 1.54) is 5.57 Å². The first kappa shape index (κ1) is 14.2. The maximum absolute atomic E-state index is 11.3. The van der Waals surface area contributed by atoms with Gasteiger partial charge in [0, 0.05) is 17.9 Å². The van der Waals surface area contributed by atoms with Crippen LogP contribution in [0.5, 0.6) is 11.5 Å². The molecule has 0 amide bonds. The van der Waals surface area contributed by atoms with Crippen LogP contribution in [0, 0.1) is 5.92 Å². The molecular weight excluding hydrogens is 264 g/mol. The largest absolute Gasteiger partial charge is 0.496 e. The van der Waals surface area contributed by atoms with Gasteiger partial charge in [-0.25, -0.2) is 0 Å². The Balaban J connectivity index is 1.94. The second-order valence-corrected chi connectivity index (χ2v) is 6.40. The third kappa shape index (κ3) is 2.35. The molecule has 0 bridgehead atoms. The molecule has 1 heterocycles. The van der Waals surface area contributed by atoms with Crippen LogP contribution in [0.2, 0.25) is 0 Å². The van der Waals surface area contributed by atoms with Crippen LogP contribution in [-0.2, 0) is 6.42 Å². The number of ether oxygens (including phenoxy) is 2. The van der Waals surface area contributed by atoms with Gasteiger partial charge in [-0.1, -0.05) is 11.6 Å². The van der Waals surface area contributed by atoms with E-state index in [-0.39, 0.29) is 5.60 Å². The molecule has 1 aliphatic carbocycles. The second-order valence-electron chi connectivity index (χ2n) is 6.40. The summed E-state index contributed by atoms with van der Waals surface area (Å²) in [5.74, 6) is 2.03. The first-order valence-corrected chi connectivity index (χ1v) is 7.57. The van der Waals surface area contributed by atoms with Gasteiger partial charge in [0.2, 0.25) is 0 Å². The van der Waals surface area contributed by atoms with Crippen LogP contribution in [0.1, 0.15) is 49.0 Å². The van der Waals surface area contributed by atoms with E-state index in [0.29, 0.717) is 11.5 Å². The predicted octanol–water partition coefficient (Wildman–Crippen LogP) is 3.95. The molecule has 0 fully saturated rings. The van der Waals surface area contributed by atoms with Crippen molar-refractivity contribution in [3.8, 4) is 11.5 Å². The van der Waals surface area contributed by atoms with E-state index in [1.54, 1.807) is 13.2 Å². The second kappa shape index (κ2) is 5.21. The van der Waals surface area contributed by atoms with Crippen LogP contribution in [-0.4, -0.2) is 19.0 Å². The number of aldehydes is 1. The minimum atomic E-state index is -0.244. The standard InChI is InChI=1S/C18H22O3/c1-12-4-7-14(8-5-12)18(2)10-15-16(20-3)9-6-13(11-19)17(15)21-18/h4,6,9,11,14H,5,7-8,10H2,1-3H3/t14-,18?/m0/s1. The minimum absolute atomic E-state index is 0.244. The monoisotopic (exact) mass is 286 g/mol. The van der Waals surface area contributed by atoms with Crippen molar-refractivity contribution in [2.75, 3.05) is 7.11 Å². The summed E-state index contributed by atoms with van der Waals surface area (Å²) in [5, 5.41) is 0. The van der Waals surface area contributed by atoms with Crippen molar-refractivity contribution in [1.82, 2.24) is 0 Å². The molecule has 2 aliphatic rings. The zero-order valence-corrected chi connectivity index (χ0v) is 12.9. The number of carbonyl (C=O) groups excluding carboxylic acids is 1. The Morgan fingerprint density at radius 2 is 2.24 bits per heavy atom. The van der Waals surface area contributed by atoms with E-state index < -0.39 is 0 Å². The highest BCUT2D eigenvalue weighted by Gasteiger charge is 2.44. The summed E-state index contributed by atoms with van der Waals surface area (Å²) >= 11 is 0. The molecule has 0 spiro atoms. The van der Waals surface area contributed by atoms with Gasteiger partial charge in [0.15, 0.2) is 6.29 Å². The molecule has 1 aliphatic heterocycles. The lowest BCUT2D eigenvalue weighted by atomic mass is 9.76. The molecule has 1 aromatic carbocycles. The summed E-state index contributed by atoms with van der Waals surface area (Å²) in [5.41, 5.74) is 2.89. The molecule has 112 valence electrons. The molecular formula is C18H22O3. The van der Waals surface area contributed by atoms with Crippen LogP contribution in [0.4, 0.5) is 0 Å². The lowest BCUT2D eigenvalue weighted by molar-refractivity contribution is 0.0416. The van der Waals surface area contributed by atoms with Gasteiger partial charge in [0.05, 0.1) is 12.7 Å². The highest BCUT2D eigenvalue weighted by Crippen LogP contribution is 2.47. The maximum atomic E-state index is 11.3. The van der Waals surface area contributed by atoms with Crippen molar-refractivity contribution in [2.45, 2.75) is 45.1 Å². The van der Waals surface area contributed by atoms with Crippen LogP contribution in [0.25, 0.3) is 0 Å². The fourth-order valence-corrected chi connectivity index (χ4v) is 3.57. The van der Waals surface area contributed by atoms with E-state index in [2.05, 4.69) is 19.9 Å². The number of allylic oxidation sites excluding steroid dienone is 2. The SMILES string of the molecule is COc1ccc(C=O)c2c1CC(C)([C@H]1CC=C(C)CC1)O2. The Morgan fingerprint density at radius 1 is 1.43 bits per heavy atom. The Labute approximate surface area is 125 Å². The van der Waals surface area contributed by atoms with E-state index in [9.17, 15) is 4.79 Å². The molecule has 3 nitrogen and oxygen atoms in total. The molecule has 0 aromatic heterocycles. The molecule has 0 N–H and O–H groups in total. The van der Waals surface area contributed by atoms with Crippen molar-refractivity contribution < 1.29 is 14.3 Å². The van der Waals surface area contributed by atoms with Crippen molar-refractivity contribution >= 4 is 6.29 Å². The molecule has 3 heteroatoms. The summed E-state index contributed by atoms with van der Waals surface area (Å²) in [4.78, 5) is 11.3. The van der Waals surface area contributed by atoms with Gasteiger partial charge in [0.1, 0.15) is 17.1 Å². The van der Waals surface area contributed by atoms with E-state index >= 15 is 0 Å². The number of methoxy groups -OCH3 is 1. The molecule has 2 atom stereocenters. The van der Waals surface area contributed by atoms with E-state index in [0.717, 1.165) is 49.0 Å². The average Bonchev–Trinajstić information content (AvgIpc) is 2.85. The summed E-state index contributed by atoms with van der Waals surface area (Å²) in [6.45, 7) is 4.36. The van der Waals surface area contributed by atoms with Crippen LogP contribution >= 0.6 is 0 Å². The van der Waals surface area contributed by atoms with Gasteiger partial charge in [-0.15, -0.1) is 0 Å². The van der Waals surface area contributed by atoms with E-state index in [4.69, 9.17) is 9.47 Å². The first-order valence-electron chi connectivity index (χ1n) is 7.57. The maximum Gasteiger partial charge on any atom is 0.153 e. The van der Waals surface area contributed by atoms with Gasteiger partial charge < -0.3 is 9.47 Å². The van der Waals surface area contributed by atoms with Gasteiger partial charge in [-0.3, -0.25) is 4.79 Å². The number of carbonyl (C=O) groups is 1. The van der Waals surface area contributed by atoms with Crippen LogP contribution in [0.15, 0.2) is 23.8 Å². The Morgan fingerprint density at radius 3 is 2.86 bits per heavy atom. The zero-order valence-electron chi connectivity index (χ0n) is 12.9. The lowest BCUT2D eigenvalue weighted by Crippen LogP contribution is -2.40. The molecule has 0 saturated heterocycles. The molecule has 1 unspecified atom stereocenters. The molecule has 3 rings (SSSR count). The fourth-order valence-electron chi connectivity index (χ4n) is 3.57. The quantitative estimate of drug-likeness (QED) is 0.623. The van der Waals surface area contributed by atoms with Gasteiger partial charge >= 0.3 is 0 Å². The number of rotatable bonds is 3. The Hall–Kier alpha value is -1.77. The number of hydrogen-bond donors (Lipinski definition) is 0. The third-order valence-electron chi connectivity index (χ3n) is 4.96. The highest BCUT2D eigenvalue weighted by molar-refractivity contribution is 5.82. The predicted molar refractivity (Wildman–Crippen MR) is 82.2 cm³/mol. The van der Waals surface area contributed by atoms with Gasteiger partial charge in [-0.2, -0.15) is 0 Å². The lowest BCUT2D eigenvalue weighted by Gasteiger charge is -2.35. The minimum Gasteiger partial charge on any atom is -0.496 e. The van der Waals surface area contributed by atoms with Crippen molar-refractivity contribution in [2.24, 2.45) is 5.92 Å². The van der Waals surface area contributed by atoms with Crippen molar-refractivity contribution in [1.29, 1.82) is 0 Å². The number of hydrogen-bond acceptors (Lipinski definition) is 3. The topological polar surface area (TPSA) is 35.5 Å². The summed E-state index contributed by atoms with van der Waals surface area (Å²) in [7, 11) is 1.67. The summed E-state index contributed by atoms with van der Waals surface area (Å²) in [6.07, 6.45) is 7.33. The Kier molecular flexibility index (Phi) is 3.52.